The first-order valence-electron chi connectivity index (χ1n) is 8.61. The second kappa shape index (κ2) is 8.31. The van der Waals surface area contributed by atoms with Gasteiger partial charge in [-0.25, -0.2) is 4.68 Å². The number of benzene rings is 1. The van der Waals surface area contributed by atoms with E-state index in [0.29, 0.717) is 5.75 Å². The second-order valence-electron chi connectivity index (χ2n) is 6.11. The Labute approximate surface area is 157 Å². The molecule has 0 aliphatic rings. The summed E-state index contributed by atoms with van der Waals surface area (Å²) >= 11 is 1.60. The third-order valence-electron chi connectivity index (χ3n) is 3.90. The van der Waals surface area contributed by atoms with Crippen LogP contribution in [0, 0.1) is 0 Å². The maximum atomic E-state index is 5.23. The average molecular weight is 373 g/mol. The minimum absolute atomic E-state index is 0.233. The number of nitrogens with zero attached hydrogens (tertiary/aromatic N) is 7. The molecule has 2 aromatic heterocycles. The van der Waals surface area contributed by atoms with Crippen molar-refractivity contribution in [2.75, 3.05) is 7.11 Å². The maximum absolute atomic E-state index is 5.23. The Morgan fingerprint density at radius 1 is 1.12 bits per heavy atom. The van der Waals surface area contributed by atoms with Crippen LogP contribution in [0.25, 0.3) is 11.4 Å². The van der Waals surface area contributed by atoms with E-state index in [1.165, 1.54) is 0 Å². The lowest BCUT2D eigenvalue weighted by atomic mass is 10.2. The molecule has 0 unspecified atom stereocenters. The number of ether oxygens (including phenoxy) is 1. The predicted octanol–water partition coefficient (Wildman–Crippen LogP) is 3.22. The van der Waals surface area contributed by atoms with E-state index in [-0.39, 0.29) is 6.04 Å². The minimum atomic E-state index is 0.233. The number of hydrogen-bond acceptors (Lipinski definition) is 7. The van der Waals surface area contributed by atoms with Crippen molar-refractivity contribution in [1.82, 2.24) is 35.0 Å². The van der Waals surface area contributed by atoms with Crippen LogP contribution in [0.15, 0.2) is 29.4 Å². The van der Waals surface area contributed by atoms with Gasteiger partial charge in [-0.3, -0.25) is 4.57 Å². The van der Waals surface area contributed by atoms with Gasteiger partial charge in [-0.2, -0.15) is 0 Å². The number of methoxy groups -OCH3 is 1. The maximum Gasteiger partial charge on any atom is 0.192 e. The summed E-state index contributed by atoms with van der Waals surface area (Å²) in [5, 5.41) is 21.6. The largest absolute Gasteiger partial charge is 0.497 e. The normalized spacial score (nSPS) is 11.3. The fourth-order valence-electron chi connectivity index (χ4n) is 2.62. The Hall–Kier alpha value is -2.42. The third-order valence-corrected chi connectivity index (χ3v) is 4.84. The molecule has 3 aromatic rings. The summed E-state index contributed by atoms with van der Waals surface area (Å²) < 4.78 is 9.21. The van der Waals surface area contributed by atoms with Gasteiger partial charge in [0, 0.05) is 18.2 Å². The van der Waals surface area contributed by atoms with E-state index in [0.717, 1.165) is 41.1 Å². The Bertz CT molecular complexity index is 841. The van der Waals surface area contributed by atoms with E-state index in [2.05, 4.69) is 51.1 Å². The van der Waals surface area contributed by atoms with E-state index in [4.69, 9.17) is 4.74 Å². The number of rotatable bonds is 8. The molecule has 8 nitrogen and oxygen atoms in total. The van der Waals surface area contributed by atoms with Crippen LogP contribution in [0.1, 0.15) is 39.1 Å². The predicted molar refractivity (Wildman–Crippen MR) is 100 cm³/mol. The zero-order chi connectivity index (χ0) is 18.5. The van der Waals surface area contributed by atoms with Gasteiger partial charge in [0.1, 0.15) is 5.75 Å². The monoisotopic (exact) mass is 373 g/mol. The molecule has 0 atom stereocenters. The van der Waals surface area contributed by atoms with Crippen molar-refractivity contribution in [2.24, 2.45) is 0 Å². The summed E-state index contributed by atoms with van der Waals surface area (Å²) in [6.45, 7) is 7.18. The van der Waals surface area contributed by atoms with E-state index in [1.807, 2.05) is 28.9 Å². The zero-order valence-corrected chi connectivity index (χ0v) is 16.3. The van der Waals surface area contributed by atoms with Crippen molar-refractivity contribution in [3.05, 3.63) is 30.1 Å². The molecule has 0 bridgehead atoms. The molecule has 0 aliphatic carbocycles. The molecule has 26 heavy (non-hydrogen) atoms. The lowest BCUT2D eigenvalue weighted by Gasteiger charge is -2.14. The van der Waals surface area contributed by atoms with Gasteiger partial charge in [-0.1, -0.05) is 18.7 Å². The summed E-state index contributed by atoms with van der Waals surface area (Å²) in [6, 6.07) is 8.09. The summed E-state index contributed by atoms with van der Waals surface area (Å²) in [5.41, 5.74) is 1.01. The first-order valence-corrected chi connectivity index (χ1v) is 9.59. The Morgan fingerprint density at radius 2 is 1.88 bits per heavy atom. The first kappa shape index (κ1) is 18.4. The van der Waals surface area contributed by atoms with Crippen LogP contribution in [-0.2, 0) is 12.3 Å². The molecule has 0 N–H and O–H groups in total. The highest BCUT2D eigenvalue weighted by molar-refractivity contribution is 7.98. The molecule has 9 heteroatoms. The third kappa shape index (κ3) is 3.87. The van der Waals surface area contributed by atoms with Crippen LogP contribution in [0.4, 0.5) is 0 Å². The van der Waals surface area contributed by atoms with Gasteiger partial charge in [0.15, 0.2) is 16.8 Å². The smallest absolute Gasteiger partial charge is 0.192 e. The lowest BCUT2D eigenvalue weighted by Crippen LogP contribution is -2.07. The van der Waals surface area contributed by atoms with Gasteiger partial charge < -0.3 is 4.74 Å². The second-order valence-corrected chi connectivity index (χ2v) is 7.05. The Kier molecular flexibility index (Phi) is 5.87. The van der Waals surface area contributed by atoms with Crippen molar-refractivity contribution < 1.29 is 4.74 Å². The fraction of sp³-hybridized carbons (Fsp3) is 0.471. The highest BCUT2D eigenvalue weighted by atomic mass is 32.2. The number of thioether (sulfide) groups is 1. The van der Waals surface area contributed by atoms with E-state index < -0.39 is 0 Å². The van der Waals surface area contributed by atoms with Crippen LogP contribution in [0.3, 0.4) is 0 Å². The van der Waals surface area contributed by atoms with Crippen molar-refractivity contribution in [3.8, 4) is 17.1 Å². The standard InChI is InChI=1S/C17H23N7OS/c1-5-10-23-15(18-21-22-23)11-26-17-20-19-16(24(17)12(2)3)13-6-8-14(25-4)9-7-13/h6-9,12H,5,10-11H2,1-4H3. The molecular formula is C17H23N7OS. The molecule has 0 spiro atoms. The van der Waals surface area contributed by atoms with E-state index >= 15 is 0 Å². The van der Waals surface area contributed by atoms with Crippen molar-refractivity contribution in [3.63, 3.8) is 0 Å². The molecule has 2 heterocycles. The van der Waals surface area contributed by atoms with Crippen LogP contribution < -0.4 is 4.74 Å². The highest BCUT2D eigenvalue weighted by Crippen LogP contribution is 2.29. The van der Waals surface area contributed by atoms with Crippen LogP contribution in [0.5, 0.6) is 5.75 Å². The minimum Gasteiger partial charge on any atom is -0.497 e. The van der Waals surface area contributed by atoms with Gasteiger partial charge in [-0.15, -0.1) is 15.3 Å². The molecule has 138 valence electrons. The van der Waals surface area contributed by atoms with Gasteiger partial charge in [0.05, 0.1) is 12.9 Å². The number of aryl methyl sites for hydroxylation is 1. The van der Waals surface area contributed by atoms with E-state index in [1.54, 1.807) is 18.9 Å². The summed E-state index contributed by atoms with van der Waals surface area (Å²) in [6.07, 6.45) is 0.993. The zero-order valence-electron chi connectivity index (χ0n) is 15.5. The summed E-state index contributed by atoms with van der Waals surface area (Å²) in [4.78, 5) is 0. The van der Waals surface area contributed by atoms with Crippen molar-refractivity contribution in [2.45, 2.75) is 50.7 Å². The molecule has 0 amide bonds. The average Bonchev–Trinajstić information content (AvgIpc) is 3.27. The molecule has 1 aromatic carbocycles. The van der Waals surface area contributed by atoms with Crippen LogP contribution in [-0.4, -0.2) is 42.1 Å². The molecule has 0 radical (unpaired) electrons. The molecule has 3 rings (SSSR count). The Balaban J connectivity index is 1.83. The van der Waals surface area contributed by atoms with Gasteiger partial charge >= 0.3 is 0 Å². The molecule has 0 saturated carbocycles. The number of hydrogen-bond donors (Lipinski definition) is 0. The van der Waals surface area contributed by atoms with Gasteiger partial charge in [-0.05, 0) is 55.0 Å². The number of aromatic nitrogens is 7. The molecular weight excluding hydrogens is 350 g/mol. The van der Waals surface area contributed by atoms with Gasteiger partial charge in [0.25, 0.3) is 0 Å². The highest BCUT2D eigenvalue weighted by Gasteiger charge is 2.18. The summed E-state index contributed by atoms with van der Waals surface area (Å²) in [7, 11) is 1.66. The Morgan fingerprint density at radius 3 is 2.54 bits per heavy atom. The topological polar surface area (TPSA) is 83.5 Å². The lowest BCUT2D eigenvalue weighted by molar-refractivity contribution is 0.415. The van der Waals surface area contributed by atoms with Crippen LogP contribution >= 0.6 is 11.8 Å². The van der Waals surface area contributed by atoms with Crippen molar-refractivity contribution >= 4 is 11.8 Å². The molecule has 0 saturated heterocycles. The molecule has 0 aliphatic heterocycles. The van der Waals surface area contributed by atoms with E-state index in [9.17, 15) is 0 Å². The quantitative estimate of drug-likeness (QED) is 0.561. The fourth-order valence-corrected chi connectivity index (χ4v) is 3.62. The number of tetrazole rings is 1. The van der Waals surface area contributed by atoms with Gasteiger partial charge in [0.2, 0.25) is 0 Å². The van der Waals surface area contributed by atoms with Crippen LogP contribution in [0.2, 0.25) is 0 Å². The SMILES string of the molecule is CCCn1nnnc1CSc1nnc(-c2ccc(OC)cc2)n1C(C)C. The van der Waals surface area contributed by atoms with Crippen molar-refractivity contribution in [1.29, 1.82) is 0 Å². The molecule has 0 fully saturated rings. The summed E-state index contributed by atoms with van der Waals surface area (Å²) in [5.74, 6) is 3.17. The first-order chi connectivity index (χ1) is 12.6.